The third-order valence-electron chi connectivity index (χ3n) is 3.05. The normalized spacial score (nSPS) is 17.9. The van der Waals surface area contributed by atoms with Crippen LogP contribution in [0.1, 0.15) is 53.4 Å². The Morgan fingerprint density at radius 1 is 1.33 bits per heavy atom. The highest BCUT2D eigenvalue weighted by Gasteiger charge is 2.27. The van der Waals surface area contributed by atoms with Crippen molar-refractivity contribution in [3.05, 3.63) is 0 Å². The van der Waals surface area contributed by atoms with Crippen LogP contribution >= 0.6 is 0 Å². The SMILES string of the molecule is CCN(C(=O)NC1CCCC1)C(C)(C)C. The summed E-state index contributed by atoms with van der Waals surface area (Å²) in [5, 5.41) is 3.12. The summed E-state index contributed by atoms with van der Waals surface area (Å²) in [6, 6.07) is 0.505. The van der Waals surface area contributed by atoms with E-state index >= 15 is 0 Å². The lowest BCUT2D eigenvalue weighted by Gasteiger charge is -2.35. The van der Waals surface area contributed by atoms with Gasteiger partial charge in [-0.2, -0.15) is 0 Å². The van der Waals surface area contributed by atoms with Gasteiger partial charge in [0.1, 0.15) is 0 Å². The predicted octanol–water partition coefficient (Wildman–Crippen LogP) is 2.76. The molecule has 0 aromatic heterocycles. The summed E-state index contributed by atoms with van der Waals surface area (Å²) >= 11 is 0. The van der Waals surface area contributed by atoms with Gasteiger partial charge in [0.2, 0.25) is 0 Å². The second kappa shape index (κ2) is 4.86. The molecule has 0 radical (unpaired) electrons. The van der Waals surface area contributed by atoms with Crippen molar-refractivity contribution < 1.29 is 4.79 Å². The van der Waals surface area contributed by atoms with E-state index in [9.17, 15) is 4.79 Å². The molecule has 1 aliphatic rings. The maximum atomic E-state index is 12.0. The number of hydrogen-bond donors (Lipinski definition) is 1. The molecule has 3 nitrogen and oxygen atoms in total. The Hall–Kier alpha value is -0.730. The van der Waals surface area contributed by atoms with Gasteiger partial charge in [-0.25, -0.2) is 4.79 Å². The lowest BCUT2D eigenvalue weighted by atomic mass is 10.1. The first-order chi connectivity index (χ1) is 6.95. The van der Waals surface area contributed by atoms with Gasteiger partial charge in [-0.1, -0.05) is 12.8 Å². The fourth-order valence-corrected chi connectivity index (χ4v) is 2.25. The molecule has 0 bridgehead atoms. The molecule has 0 aliphatic heterocycles. The van der Waals surface area contributed by atoms with Crippen LogP contribution in [0.3, 0.4) is 0 Å². The smallest absolute Gasteiger partial charge is 0.318 e. The number of nitrogens with one attached hydrogen (secondary N) is 1. The molecule has 88 valence electrons. The molecule has 0 spiro atoms. The minimum absolute atomic E-state index is 0.0859. The molecule has 0 saturated heterocycles. The molecule has 1 rings (SSSR count). The minimum Gasteiger partial charge on any atom is -0.335 e. The summed E-state index contributed by atoms with van der Waals surface area (Å²) < 4.78 is 0. The van der Waals surface area contributed by atoms with E-state index in [0.717, 1.165) is 19.4 Å². The number of carbonyl (C=O) groups is 1. The average Bonchev–Trinajstić information content (AvgIpc) is 2.54. The molecule has 15 heavy (non-hydrogen) atoms. The summed E-state index contributed by atoms with van der Waals surface area (Å²) in [7, 11) is 0. The Labute approximate surface area is 93.2 Å². The van der Waals surface area contributed by atoms with Crippen molar-refractivity contribution in [3.8, 4) is 0 Å². The molecule has 0 heterocycles. The van der Waals surface area contributed by atoms with E-state index in [4.69, 9.17) is 0 Å². The first-order valence-corrected chi connectivity index (χ1v) is 6.03. The Kier molecular flexibility index (Phi) is 4.00. The molecular weight excluding hydrogens is 188 g/mol. The minimum atomic E-state index is -0.0859. The van der Waals surface area contributed by atoms with Crippen molar-refractivity contribution in [2.24, 2.45) is 0 Å². The van der Waals surface area contributed by atoms with Gasteiger partial charge in [0, 0.05) is 18.1 Å². The van der Waals surface area contributed by atoms with Crippen LogP contribution in [0.2, 0.25) is 0 Å². The number of urea groups is 1. The molecule has 1 N–H and O–H groups in total. The van der Waals surface area contributed by atoms with Gasteiger partial charge in [0.25, 0.3) is 0 Å². The largest absolute Gasteiger partial charge is 0.335 e. The molecule has 0 atom stereocenters. The van der Waals surface area contributed by atoms with Crippen LogP contribution in [0.5, 0.6) is 0 Å². The molecule has 1 aliphatic carbocycles. The van der Waals surface area contributed by atoms with Gasteiger partial charge in [0.15, 0.2) is 0 Å². The van der Waals surface area contributed by atoms with Crippen molar-refractivity contribution in [1.29, 1.82) is 0 Å². The average molecular weight is 212 g/mol. The monoisotopic (exact) mass is 212 g/mol. The lowest BCUT2D eigenvalue weighted by molar-refractivity contribution is 0.146. The zero-order chi connectivity index (χ0) is 11.5. The highest BCUT2D eigenvalue weighted by Crippen LogP contribution is 2.19. The second-order valence-electron chi connectivity index (χ2n) is 5.35. The summed E-state index contributed by atoms with van der Waals surface area (Å²) in [4.78, 5) is 13.9. The standard InChI is InChI=1S/C12H24N2O/c1-5-14(12(2,3)4)11(15)13-10-8-6-7-9-10/h10H,5-9H2,1-4H3,(H,13,15). The van der Waals surface area contributed by atoms with Crippen molar-refractivity contribution in [2.75, 3.05) is 6.54 Å². The fourth-order valence-electron chi connectivity index (χ4n) is 2.25. The lowest BCUT2D eigenvalue weighted by Crippen LogP contribution is -2.52. The highest BCUT2D eigenvalue weighted by molar-refractivity contribution is 5.75. The topological polar surface area (TPSA) is 32.3 Å². The predicted molar refractivity (Wildman–Crippen MR) is 62.9 cm³/mol. The zero-order valence-electron chi connectivity index (χ0n) is 10.5. The molecule has 1 saturated carbocycles. The van der Waals surface area contributed by atoms with E-state index < -0.39 is 0 Å². The first-order valence-electron chi connectivity index (χ1n) is 6.03. The maximum absolute atomic E-state index is 12.0. The molecule has 0 aromatic carbocycles. The van der Waals surface area contributed by atoms with Gasteiger partial charge < -0.3 is 10.2 Å². The van der Waals surface area contributed by atoms with Gasteiger partial charge in [0.05, 0.1) is 0 Å². The van der Waals surface area contributed by atoms with Crippen LogP contribution in [0.25, 0.3) is 0 Å². The van der Waals surface area contributed by atoms with Crippen LogP contribution in [0.4, 0.5) is 4.79 Å². The molecular formula is C12H24N2O. The van der Waals surface area contributed by atoms with E-state index in [2.05, 4.69) is 26.1 Å². The van der Waals surface area contributed by atoms with Crippen molar-refractivity contribution in [2.45, 2.75) is 65.0 Å². The van der Waals surface area contributed by atoms with Gasteiger partial charge in [-0.15, -0.1) is 0 Å². The third-order valence-corrected chi connectivity index (χ3v) is 3.05. The van der Waals surface area contributed by atoms with E-state index in [0.29, 0.717) is 6.04 Å². The van der Waals surface area contributed by atoms with Crippen molar-refractivity contribution in [1.82, 2.24) is 10.2 Å². The van der Waals surface area contributed by atoms with E-state index in [1.807, 2.05) is 11.8 Å². The molecule has 0 aromatic rings. The van der Waals surface area contributed by atoms with Crippen LogP contribution in [0.15, 0.2) is 0 Å². The Morgan fingerprint density at radius 3 is 2.27 bits per heavy atom. The van der Waals surface area contributed by atoms with Crippen LogP contribution in [-0.2, 0) is 0 Å². The number of rotatable bonds is 2. The first kappa shape index (κ1) is 12.3. The molecule has 0 unspecified atom stereocenters. The maximum Gasteiger partial charge on any atom is 0.318 e. The van der Waals surface area contributed by atoms with Crippen molar-refractivity contribution >= 4 is 6.03 Å². The summed E-state index contributed by atoms with van der Waals surface area (Å²) in [5.41, 5.74) is -0.0859. The van der Waals surface area contributed by atoms with Crippen molar-refractivity contribution in [3.63, 3.8) is 0 Å². The number of amides is 2. The van der Waals surface area contributed by atoms with E-state index in [1.165, 1.54) is 12.8 Å². The second-order valence-corrected chi connectivity index (χ2v) is 5.35. The van der Waals surface area contributed by atoms with Gasteiger partial charge in [-0.3, -0.25) is 0 Å². The summed E-state index contributed by atoms with van der Waals surface area (Å²) in [6.07, 6.45) is 4.81. The van der Waals surface area contributed by atoms with Gasteiger partial charge in [-0.05, 0) is 40.5 Å². The number of carbonyl (C=O) groups excluding carboxylic acids is 1. The number of hydrogen-bond acceptors (Lipinski definition) is 1. The Bertz CT molecular complexity index is 214. The quantitative estimate of drug-likeness (QED) is 0.750. The highest BCUT2D eigenvalue weighted by atomic mass is 16.2. The third kappa shape index (κ3) is 3.40. The van der Waals surface area contributed by atoms with Gasteiger partial charge >= 0.3 is 6.03 Å². The summed E-state index contributed by atoms with van der Waals surface area (Å²) in [6.45, 7) is 9.02. The number of nitrogens with zero attached hydrogens (tertiary/aromatic N) is 1. The fraction of sp³-hybridized carbons (Fsp3) is 0.917. The van der Waals surface area contributed by atoms with E-state index in [-0.39, 0.29) is 11.6 Å². The molecule has 3 heteroatoms. The molecule has 2 amide bonds. The summed E-state index contributed by atoms with van der Waals surface area (Å²) in [5.74, 6) is 0. The zero-order valence-corrected chi connectivity index (χ0v) is 10.5. The Morgan fingerprint density at radius 2 is 1.87 bits per heavy atom. The van der Waals surface area contributed by atoms with Crippen LogP contribution in [-0.4, -0.2) is 29.1 Å². The van der Waals surface area contributed by atoms with E-state index in [1.54, 1.807) is 0 Å². The van der Waals surface area contributed by atoms with Crippen LogP contribution < -0.4 is 5.32 Å². The van der Waals surface area contributed by atoms with Crippen LogP contribution in [0, 0.1) is 0 Å². The Balaban J connectivity index is 2.49. The molecule has 1 fully saturated rings.